The Bertz CT molecular complexity index is 1010. The predicted octanol–water partition coefficient (Wildman–Crippen LogP) is 3.44. The third-order valence-electron chi connectivity index (χ3n) is 4.15. The van der Waals surface area contributed by atoms with E-state index in [1.54, 1.807) is 12.1 Å². The number of carbonyl (C=O) groups excluding carboxylic acids is 2. The van der Waals surface area contributed by atoms with Crippen molar-refractivity contribution < 1.29 is 23.8 Å². The standard InChI is InChI=1S/C21H19NO5/c1-22-20(23)16-11-18(25-2)19(26-3)12-17(16)27-21(24)15-9-8-13-6-4-5-7-14(13)10-15/h4-12H,1-3H3,(H,22,23). The molecule has 3 rings (SSSR count). The molecule has 3 aromatic carbocycles. The van der Waals surface area contributed by atoms with Gasteiger partial charge in [0.1, 0.15) is 5.75 Å². The molecule has 0 aromatic heterocycles. The van der Waals surface area contributed by atoms with E-state index >= 15 is 0 Å². The quantitative estimate of drug-likeness (QED) is 0.554. The molecule has 6 heteroatoms. The molecular weight excluding hydrogens is 346 g/mol. The summed E-state index contributed by atoms with van der Waals surface area (Å²) in [7, 11) is 4.42. The molecule has 1 N–H and O–H groups in total. The summed E-state index contributed by atoms with van der Waals surface area (Å²) in [4.78, 5) is 24.8. The monoisotopic (exact) mass is 365 g/mol. The number of amides is 1. The Balaban J connectivity index is 1.99. The summed E-state index contributed by atoms with van der Waals surface area (Å²) in [5.74, 6) is -0.173. The lowest BCUT2D eigenvalue weighted by Crippen LogP contribution is -2.20. The molecule has 6 nitrogen and oxygen atoms in total. The zero-order chi connectivity index (χ0) is 19.4. The molecule has 0 aliphatic heterocycles. The lowest BCUT2D eigenvalue weighted by Gasteiger charge is -2.14. The van der Waals surface area contributed by atoms with Crippen LogP contribution in [0.25, 0.3) is 10.8 Å². The first-order valence-electron chi connectivity index (χ1n) is 8.26. The van der Waals surface area contributed by atoms with E-state index in [9.17, 15) is 9.59 Å². The fourth-order valence-electron chi connectivity index (χ4n) is 2.73. The zero-order valence-corrected chi connectivity index (χ0v) is 15.2. The average molecular weight is 365 g/mol. The molecule has 27 heavy (non-hydrogen) atoms. The van der Waals surface area contributed by atoms with E-state index < -0.39 is 11.9 Å². The maximum Gasteiger partial charge on any atom is 0.343 e. The van der Waals surface area contributed by atoms with Crippen LogP contribution in [0.3, 0.4) is 0 Å². The minimum Gasteiger partial charge on any atom is -0.493 e. The number of benzene rings is 3. The summed E-state index contributed by atoms with van der Waals surface area (Å²) >= 11 is 0. The van der Waals surface area contributed by atoms with Gasteiger partial charge in [0.15, 0.2) is 11.5 Å². The SMILES string of the molecule is CNC(=O)c1cc(OC)c(OC)cc1OC(=O)c1ccc2ccccc2c1. The van der Waals surface area contributed by atoms with Gasteiger partial charge in [-0.1, -0.05) is 30.3 Å². The van der Waals surface area contributed by atoms with Crippen molar-refractivity contribution in [3.05, 3.63) is 65.7 Å². The van der Waals surface area contributed by atoms with Gasteiger partial charge >= 0.3 is 5.97 Å². The summed E-state index contributed by atoms with van der Waals surface area (Å²) in [6, 6.07) is 15.9. The van der Waals surface area contributed by atoms with Gasteiger partial charge in [-0.25, -0.2) is 4.79 Å². The second-order valence-electron chi connectivity index (χ2n) is 5.73. The van der Waals surface area contributed by atoms with E-state index in [4.69, 9.17) is 14.2 Å². The molecule has 0 aliphatic rings. The maximum atomic E-state index is 12.6. The number of methoxy groups -OCH3 is 2. The van der Waals surface area contributed by atoms with Gasteiger partial charge in [0.25, 0.3) is 5.91 Å². The number of ether oxygens (including phenoxy) is 3. The number of nitrogens with one attached hydrogen (secondary N) is 1. The van der Waals surface area contributed by atoms with Gasteiger partial charge in [-0.15, -0.1) is 0 Å². The van der Waals surface area contributed by atoms with E-state index in [0.717, 1.165) is 10.8 Å². The largest absolute Gasteiger partial charge is 0.493 e. The third kappa shape index (κ3) is 3.69. The maximum absolute atomic E-state index is 12.6. The van der Waals surface area contributed by atoms with Gasteiger partial charge < -0.3 is 19.5 Å². The minimum absolute atomic E-state index is 0.0881. The predicted molar refractivity (Wildman–Crippen MR) is 102 cm³/mol. The van der Waals surface area contributed by atoms with Crippen LogP contribution in [0.15, 0.2) is 54.6 Å². The number of rotatable bonds is 5. The highest BCUT2D eigenvalue weighted by Gasteiger charge is 2.20. The molecule has 0 atom stereocenters. The van der Waals surface area contributed by atoms with Gasteiger partial charge in [0.05, 0.1) is 25.3 Å². The molecule has 0 bridgehead atoms. The van der Waals surface area contributed by atoms with Crippen LogP contribution in [0.5, 0.6) is 17.2 Å². The summed E-state index contributed by atoms with van der Waals surface area (Å²) in [5.41, 5.74) is 0.552. The molecule has 0 unspecified atom stereocenters. The first-order chi connectivity index (χ1) is 13.1. The Hall–Kier alpha value is -3.54. The van der Waals surface area contributed by atoms with E-state index in [2.05, 4.69) is 5.32 Å². The van der Waals surface area contributed by atoms with Crippen LogP contribution in [0.2, 0.25) is 0 Å². The van der Waals surface area contributed by atoms with E-state index in [1.165, 1.54) is 33.4 Å². The van der Waals surface area contributed by atoms with Gasteiger partial charge in [0, 0.05) is 19.2 Å². The average Bonchev–Trinajstić information content (AvgIpc) is 2.72. The lowest BCUT2D eigenvalue weighted by molar-refractivity contribution is 0.0732. The first-order valence-corrected chi connectivity index (χ1v) is 8.26. The molecule has 0 spiro atoms. The molecule has 0 saturated heterocycles. The molecule has 0 radical (unpaired) electrons. The molecule has 1 amide bonds. The first kappa shape index (κ1) is 18.3. The van der Waals surface area contributed by atoms with Crippen molar-refractivity contribution in [1.82, 2.24) is 5.32 Å². The third-order valence-corrected chi connectivity index (χ3v) is 4.15. The number of carbonyl (C=O) groups is 2. The minimum atomic E-state index is -0.571. The van der Waals surface area contributed by atoms with Crippen LogP contribution in [-0.2, 0) is 0 Å². The van der Waals surface area contributed by atoms with Crippen molar-refractivity contribution in [3.63, 3.8) is 0 Å². The second-order valence-corrected chi connectivity index (χ2v) is 5.73. The van der Waals surface area contributed by atoms with Crippen LogP contribution in [0.4, 0.5) is 0 Å². The zero-order valence-electron chi connectivity index (χ0n) is 15.2. The van der Waals surface area contributed by atoms with Crippen molar-refractivity contribution in [1.29, 1.82) is 0 Å². The van der Waals surface area contributed by atoms with Crippen LogP contribution in [-0.4, -0.2) is 33.1 Å². The Morgan fingerprint density at radius 3 is 2.15 bits per heavy atom. The molecule has 0 aliphatic carbocycles. The van der Waals surface area contributed by atoms with E-state index in [0.29, 0.717) is 17.1 Å². The lowest BCUT2D eigenvalue weighted by atomic mass is 10.1. The normalized spacial score (nSPS) is 10.3. The fraction of sp³-hybridized carbons (Fsp3) is 0.143. The van der Waals surface area contributed by atoms with Crippen molar-refractivity contribution >= 4 is 22.6 Å². The van der Waals surface area contributed by atoms with Gasteiger partial charge in [0.2, 0.25) is 0 Å². The molecule has 0 saturated carbocycles. The van der Waals surface area contributed by atoms with Gasteiger partial charge in [-0.05, 0) is 22.9 Å². The summed E-state index contributed by atoms with van der Waals surface area (Å²) in [5, 5.41) is 4.46. The highest BCUT2D eigenvalue weighted by atomic mass is 16.5. The topological polar surface area (TPSA) is 73.9 Å². The molecular formula is C21H19NO5. The number of hydrogen-bond acceptors (Lipinski definition) is 5. The Kier molecular flexibility index (Phi) is 5.26. The summed E-state index contributed by atoms with van der Waals surface area (Å²) < 4.78 is 16.0. The van der Waals surface area contributed by atoms with Gasteiger partial charge in [-0.2, -0.15) is 0 Å². The Labute approximate surface area is 156 Å². The molecule has 0 fully saturated rings. The van der Waals surface area contributed by atoms with Crippen molar-refractivity contribution in [2.45, 2.75) is 0 Å². The fourth-order valence-corrected chi connectivity index (χ4v) is 2.73. The van der Waals surface area contributed by atoms with E-state index in [1.807, 2.05) is 30.3 Å². The molecule has 0 heterocycles. The highest BCUT2D eigenvalue weighted by molar-refractivity contribution is 6.00. The van der Waals surface area contributed by atoms with Crippen molar-refractivity contribution in [3.8, 4) is 17.2 Å². The number of hydrogen-bond donors (Lipinski definition) is 1. The van der Waals surface area contributed by atoms with Crippen LogP contribution < -0.4 is 19.5 Å². The Morgan fingerprint density at radius 2 is 1.48 bits per heavy atom. The molecule has 138 valence electrons. The van der Waals surface area contributed by atoms with E-state index in [-0.39, 0.29) is 11.3 Å². The highest BCUT2D eigenvalue weighted by Crippen LogP contribution is 2.35. The molecule has 3 aromatic rings. The van der Waals surface area contributed by atoms with Crippen LogP contribution in [0.1, 0.15) is 20.7 Å². The van der Waals surface area contributed by atoms with Gasteiger partial charge in [-0.3, -0.25) is 4.79 Å². The summed E-state index contributed by atoms with van der Waals surface area (Å²) in [6.45, 7) is 0. The second kappa shape index (κ2) is 7.78. The van der Waals surface area contributed by atoms with Crippen LogP contribution in [0, 0.1) is 0 Å². The number of esters is 1. The summed E-state index contributed by atoms with van der Waals surface area (Å²) in [6.07, 6.45) is 0. The smallest absolute Gasteiger partial charge is 0.343 e. The van der Waals surface area contributed by atoms with Crippen molar-refractivity contribution in [2.24, 2.45) is 0 Å². The van der Waals surface area contributed by atoms with Crippen LogP contribution >= 0.6 is 0 Å². The Morgan fingerprint density at radius 1 is 0.815 bits per heavy atom. The number of fused-ring (bicyclic) bond motifs is 1. The van der Waals surface area contributed by atoms with Crippen molar-refractivity contribution in [2.75, 3.05) is 21.3 Å².